The number of allylic oxidation sites excluding steroid dienone is 2. The van der Waals surface area contributed by atoms with Crippen molar-refractivity contribution < 1.29 is 39.5 Å². The first-order valence-corrected chi connectivity index (χ1v) is 3.65. The van der Waals surface area contributed by atoms with Crippen LogP contribution in [0.5, 0.6) is 0 Å². The van der Waals surface area contributed by atoms with E-state index in [0.717, 1.165) is 6.92 Å². The van der Waals surface area contributed by atoms with Crippen LogP contribution in [0, 0.1) is 0 Å². The molecule has 0 radical (unpaired) electrons. The van der Waals surface area contributed by atoms with Crippen LogP contribution in [-0.2, 0) is 0 Å². The highest BCUT2D eigenvalue weighted by Crippen LogP contribution is 2.53. The van der Waals surface area contributed by atoms with E-state index in [9.17, 15) is 39.5 Å². The van der Waals surface area contributed by atoms with Crippen LogP contribution >= 0.6 is 0 Å². The first-order valence-electron chi connectivity index (χ1n) is 3.65. The Morgan fingerprint density at radius 3 is 1.31 bits per heavy atom. The molecule has 0 bridgehead atoms. The smallest absolute Gasteiger partial charge is 0.195 e. The molecule has 0 aromatic carbocycles. The first kappa shape index (κ1) is 15.1. The van der Waals surface area contributed by atoms with Gasteiger partial charge in [0, 0.05) is 0 Å². The monoisotopic (exact) mass is 260 g/mol. The SMILES string of the molecule is C/C=C/C(F)(F)C(F)(F)C(F)(F)C(F)(F)F. The Morgan fingerprint density at radius 2 is 1.06 bits per heavy atom. The van der Waals surface area contributed by atoms with Crippen molar-refractivity contribution in [2.45, 2.75) is 30.9 Å². The van der Waals surface area contributed by atoms with E-state index >= 15 is 0 Å². The van der Waals surface area contributed by atoms with Gasteiger partial charge in [-0.3, -0.25) is 0 Å². The highest BCUT2D eigenvalue weighted by molar-refractivity contribution is 5.09. The van der Waals surface area contributed by atoms with Gasteiger partial charge in [-0.2, -0.15) is 39.5 Å². The zero-order chi connectivity index (χ0) is 13.4. The summed E-state index contributed by atoms with van der Waals surface area (Å²) in [6, 6.07) is 0. The Morgan fingerprint density at radius 1 is 0.688 bits per heavy atom. The van der Waals surface area contributed by atoms with Gasteiger partial charge in [-0.1, -0.05) is 6.08 Å². The maximum absolute atomic E-state index is 12.4. The third kappa shape index (κ3) is 2.12. The molecule has 0 saturated carbocycles. The van der Waals surface area contributed by atoms with E-state index < -0.39 is 30.0 Å². The lowest BCUT2D eigenvalue weighted by atomic mass is 10.0. The summed E-state index contributed by atoms with van der Waals surface area (Å²) >= 11 is 0. The lowest BCUT2D eigenvalue weighted by molar-refractivity contribution is -0.388. The summed E-state index contributed by atoms with van der Waals surface area (Å²) in [6.45, 7) is 0.774. The van der Waals surface area contributed by atoms with E-state index in [4.69, 9.17) is 0 Å². The zero-order valence-electron chi connectivity index (χ0n) is 7.56. The van der Waals surface area contributed by atoms with Gasteiger partial charge < -0.3 is 0 Å². The molecule has 0 heterocycles. The summed E-state index contributed by atoms with van der Waals surface area (Å²) < 4.78 is 108. The second-order valence-electron chi connectivity index (χ2n) is 2.77. The number of hydrogen-bond acceptors (Lipinski definition) is 0. The Kier molecular flexibility index (Phi) is 3.63. The number of halogens is 9. The molecule has 0 aliphatic heterocycles. The summed E-state index contributed by atoms with van der Waals surface area (Å²) in [4.78, 5) is 0. The lowest BCUT2D eigenvalue weighted by Gasteiger charge is -2.32. The van der Waals surface area contributed by atoms with Crippen LogP contribution in [0.15, 0.2) is 12.2 Å². The molecular weight excluding hydrogens is 255 g/mol. The van der Waals surface area contributed by atoms with Gasteiger partial charge in [0.2, 0.25) is 0 Å². The summed E-state index contributed by atoms with van der Waals surface area (Å²) in [5.41, 5.74) is 0. The van der Waals surface area contributed by atoms with Gasteiger partial charge >= 0.3 is 23.9 Å². The quantitative estimate of drug-likeness (QED) is 0.530. The van der Waals surface area contributed by atoms with Gasteiger partial charge in [0.15, 0.2) is 0 Å². The van der Waals surface area contributed by atoms with Crippen LogP contribution < -0.4 is 0 Å². The average Bonchev–Trinajstić information content (AvgIpc) is 2.01. The largest absolute Gasteiger partial charge is 0.460 e. The molecular formula is C7H5F9. The molecule has 0 aliphatic carbocycles. The molecule has 0 nitrogen and oxygen atoms in total. The molecule has 9 heteroatoms. The zero-order valence-corrected chi connectivity index (χ0v) is 7.56. The molecule has 0 atom stereocenters. The number of alkyl halides is 9. The Balaban J connectivity index is 5.52. The van der Waals surface area contributed by atoms with E-state index in [1.165, 1.54) is 0 Å². The fourth-order valence-corrected chi connectivity index (χ4v) is 0.701. The van der Waals surface area contributed by atoms with Crippen molar-refractivity contribution in [2.24, 2.45) is 0 Å². The normalized spacial score (nSPS) is 15.9. The van der Waals surface area contributed by atoms with Crippen molar-refractivity contribution in [3.8, 4) is 0 Å². The van der Waals surface area contributed by atoms with Crippen LogP contribution in [0.4, 0.5) is 39.5 Å². The summed E-state index contributed by atoms with van der Waals surface area (Å²) in [5, 5.41) is 0. The predicted octanol–water partition coefficient (Wildman–Crippen LogP) is 4.03. The molecule has 0 rings (SSSR count). The molecule has 0 aromatic heterocycles. The average molecular weight is 260 g/mol. The van der Waals surface area contributed by atoms with Gasteiger partial charge in [-0.05, 0) is 13.0 Å². The molecule has 0 saturated heterocycles. The number of hydrogen-bond donors (Lipinski definition) is 0. The molecule has 0 amide bonds. The maximum Gasteiger partial charge on any atom is 0.460 e. The highest BCUT2D eigenvalue weighted by Gasteiger charge is 2.80. The minimum Gasteiger partial charge on any atom is -0.195 e. The Hall–Kier alpha value is -0.890. The van der Waals surface area contributed by atoms with E-state index in [1.54, 1.807) is 0 Å². The fraction of sp³-hybridized carbons (Fsp3) is 0.714. The lowest BCUT2D eigenvalue weighted by Crippen LogP contribution is -2.60. The van der Waals surface area contributed by atoms with E-state index in [2.05, 4.69) is 0 Å². The van der Waals surface area contributed by atoms with Crippen LogP contribution in [0.2, 0.25) is 0 Å². The van der Waals surface area contributed by atoms with E-state index in [0.29, 0.717) is 0 Å². The number of rotatable bonds is 3. The minimum absolute atomic E-state index is 0.250. The maximum atomic E-state index is 12.4. The molecule has 0 N–H and O–H groups in total. The predicted molar refractivity (Wildman–Crippen MR) is 35.7 cm³/mol. The Bertz CT molecular complexity index is 272. The van der Waals surface area contributed by atoms with Gasteiger partial charge in [0.25, 0.3) is 0 Å². The van der Waals surface area contributed by atoms with Crippen molar-refractivity contribution in [2.75, 3.05) is 0 Å². The fourth-order valence-electron chi connectivity index (χ4n) is 0.701. The van der Waals surface area contributed by atoms with Crippen molar-refractivity contribution in [1.82, 2.24) is 0 Å². The topological polar surface area (TPSA) is 0 Å². The van der Waals surface area contributed by atoms with Gasteiger partial charge in [-0.25, -0.2) is 0 Å². The molecule has 16 heavy (non-hydrogen) atoms. The first-order chi connectivity index (χ1) is 6.81. The van der Waals surface area contributed by atoms with Crippen LogP contribution in [0.25, 0.3) is 0 Å². The molecule has 0 aliphatic rings. The van der Waals surface area contributed by atoms with Crippen LogP contribution in [0.3, 0.4) is 0 Å². The summed E-state index contributed by atoms with van der Waals surface area (Å²) in [6.07, 6.45) is -7.23. The Labute approximate surface area is 83.7 Å². The highest BCUT2D eigenvalue weighted by atomic mass is 19.4. The van der Waals surface area contributed by atoms with Gasteiger partial charge in [-0.15, -0.1) is 0 Å². The standard InChI is InChI=1S/C7H5F9/c1-2-3-4(8,9)5(10,11)6(12,13)7(14,15)16/h2-3H,1H3/b3-2+. The third-order valence-corrected chi connectivity index (χ3v) is 1.54. The van der Waals surface area contributed by atoms with Gasteiger partial charge in [0.1, 0.15) is 0 Å². The van der Waals surface area contributed by atoms with Crippen molar-refractivity contribution in [3.05, 3.63) is 12.2 Å². The molecule has 0 spiro atoms. The van der Waals surface area contributed by atoms with Crippen molar-refractivity contribution in [1.29, 1.82) is 0 Å². The van der Waals surface area contributed by atoms with E-state index in [-0.39, 0.29) is 6.08 Å². The van der Waals surface area contributed by atoms with Crippen molar-refractivity contribution in [3.63, 3.8) is 0 Å². The molecule has 96 valence electrons. The van der Waals surface area contributed by atoms with E-state index in [1.807, 2.05) is 0 Å². The van der Waals surface area contributed by atoms with Crippen LogP contribution in [0.1, 0.15) is 6.92 Å². The summed E-state index contributed by atoms with van der Waals surface area (Å²) in [5.74, 6) is -19.0. The van der Waals surface area contributed by atoms with Crippen LogP contribution in [-0.4, -0.2) is 23.9 Å². The molecule has 0 unspecified atom stereocenters. The second kappa shape index (κ2) is 3.85. The second-order valence-corrected chi connectivity index (χ2v) is 2.77. The van der Waals surface area contributed by atoms with Crippen molar-refractivity contribution >= 4 is 0 Å². The third-order valence-electron chi connectivity index (χ3n) is 1.54. The summed E-state index contributed by atoms with van der Waals surface area (Å²) in [7, 11) is 0. The molecule has 0 aromatic rings. The van der Waals surface area contributed by atoms with Gasteiger partial charge in [0.05, 0.1) is 0 Å². The minimum atomic E-state index is -6.82. The molecule has 0 fully saturated rings.